The second-order valence-corrected chi connectivity index (χ2v) is 5.56. The lowest BCUT2D eigenvalue weighted by Gasteiger charge is -2.01. The Morgan fingerprint density at radius 3 is 2.88 bits per heavy atom. The van der Waals surface area contributed by atoms with Crippen LogP contribution in [0, 0.1) is 17.0 Å². The number of para-hydroxylation sites is 2. The minimum Gasteiger partial charge on any atom is -0.508 e. The number of rotatable bonds is 4. The average Bonchev–Trinajstić information content (AvgIpc) is 2.83. The predicted molar refractivity (Wildman–Crippen MR) is 94.0 cm³/mol. The van der Waals surface area contributed by atoms with Crippen LogP contribution in [0.1, 0.15) is 11.1 Å². The minimum atomic E-state index is -0.489. The Kier molecular flexibility index (Phi) is 4.09. The van der Waals surface area contributed by atoms with E-state index in [1.165, 1.54) is 12.3 Å². The van der Waals surface area contributed by atoms with E-state index in [1.54, 1.807) is 37.3 Å². The maximum absolute atomic E-state index is 11.0. The molecule has 0 unspecified atom stereocenters. The normalized spacial score (nSPS) is 11.2. The first-order chi connectivity index (χ1) is 11.5. The number of nitro benzene ring substituents is 1. The quantitative estimate of drug-likeness (QED) is 0.375. The van der Waals surface area contributed by atoms with Gasteiger partial charge < -0.3 is 10.1 Å². The fourth-order valence-electron chi connectivity index (χ4n) is 2.35. The predicted octanol–water partition coefficient (Wildman–Crippen LogP) is 4.19. The van der Waals surface area contributed by atoms with Gasteiger partial charge in [-0.15, -0.1) is 0 Å². The molecule has 0 aliphatic heterocycles. The summed E-state index contributed by atoms with van der Waals surface area (Å²) in [6, 6.07) is 9.57. The highest BCUT2D eigenvalue weighted by molar-refractivity contribution is 6.34. The van der Waals surface area contributed by atoms with E-state index in [-0.39, 0.29) is 17.1 Å². The van der Waals surface area contributed by atoms with Gasteiger partial charge in [0.2, 0.25) is 0 Å². The molecule has 3 N–H and O–H groups in total. The topological polar surface area (TPSA) is 104 Å². The lowest BCUT2D eigenvalue weighted by molar-refractivity contribution is -0.384. The molecular weight excluding hydrogens is 332 g/mol. The molecule has 0 amide bonds. The molecule has 24 heavy (non-hydrogen) atoms. The molecule has 3 aromatic rings. The van der Waals surface area contributed by atoms with Crippen molar-refractivity contribution >= 4 is 40.1 Å². The van der Waals surface area contributed by atoms with Gasteiger partial charge in [0.05, 0.1) is 11.1 Å². The van der Waals surface area contributed by atoms with Crippen LogP contribution in [0.4, 0.5) is 11.4 Å². The molecule has 0 saturated carbocycles. The molecule has 122 valence electrons. The van der Waals surface area contributed by atoms with Crippen LogP contribution in [-0.2, 0) is 0 Å². The third-order valence-electron chi connectivity index (χ3n) is 3.59. The van der Waals surface area contributed by atoms with Crippen molar-refractivity contribution in [1.29, 1.82) is 0 Å². The fraction of sp³-hybridized carbons (Fsp3) is 0.0625. The van der Waals surface area contributed by atoms with Crippen molar-refractivity contribution in [2.45, 2.75) is 6.92 Å². The molecule has 0 fully saturated rings. The molecule has 1 aromatic heterocycles. The highest BCUT2D eigenvalue weighted by Crippen LogP contribution is 2.30. The van der Waals surface area contributed by atoms with Crippen molar-refractivity contribution in [3.8, 4) is 5.75 Å². The second-order valence-electron chi connectivity index (χ2n) is 5.18. The van der Waals surface area contributed by atoms with E-state index < -0.39 is 4.92 Å². The standard InChI is InChI=1S/C16H13ClN4O3/c1-9-6-13-10(7-15(9)22)11(16(17)19-13)8-18-20-12-4-2-3-5-14(12)21(23)24/h2-8,19-20,22H,1H3/b18-8+. The Labute approximate surface area is 141 Å². The fourth-order valence-corrected chi connectivity index (χ4v) is 2.60. The van der Waals surface area contributed by atoms with Gasteiger partial charge in [0.15, 0.2) is 0 Å². The molecule has 0 bridgehead atoms. The number of H-pyrrole nitrogens is 1. The Balaban J connectivity index is 1.93. The van der Waals surface area contributed by atoms with Gasteiger partial charge in [0, 0.05) is 22.5 Å². The summed E-state index contributed by atoms with van der Waals surface area (Å²) >= 11 is 6.17. The van der Waals surface area contributed by atoms with Crippen LogP contribution in [0.2, 0.25) is 5.15 Å². The van der Waals surface area contributed by atoms with Crippen LogP contribution in [0.5, 0.6) is 5.75 Å². The van der Waals surface area contributed by atoms with E-state index in [0.717, 1.165) is 11.1 Å². The molecule has 7 nitrogen and oxygen atoms in total. The summed E-state index contributed by atoms with van der Waals surface area (Å²) in [6.45, 7) is 1.79. The number of anilines is 1. The number of hydrogen-bond donors (Lipinski definition) is 3. The van der Waals surface area contributed by atoms with Crippen molar-refractivity contribution in [3.63, 3.8) is 0 Å². The second kappa shape index (κ2) is 6.21. The summed E-state index contributed by atoms with van der Waals surface area (Å²) < 4.78 is 0. The SMILES string of the molecule is Cc1cc2[nH]c(Cl)c(/C=N/Nc3ccccc3[N+](=O)[O-])c2cc1O. The zero-order chi connectivity index (χ0) is 17.3. The van der Waals surface area contributed by atoms with Gasteiger partial charge in [0.25, 0.3) is 5.69 Å². The maximum atomic E-state index is 11.0. The Morgan fingerprint density at radius 2 is 2.12 bits per heavy atom. The smallest absolute Gasteiger partial charge is 0.294 e. The van der Waals surface area contributed by atoms with Gasteiger partial charge in [0.1, 0.15) is 16.6 Å². The van der Waals surface area contributed by atoms with Gasteiger partial charge in [-0.3, -0.25) is 15.5 Å². The number of aryl methyl sites for hydroxylation is 1. The summed E-state index contributed by atoms with van der Waals surface area (Å²) in [6.07, 6.45) is 1.45. The third kappa shape index (κ3) is 2.89. The number of benzene rings is 2. The lowest BCUT2D eigenvalue weighted by Crippen LogP contribution is -1.96. The summed E-state index contributed by atoms with van der Waals surface area (Å²) in [4.78, 5) is 13.5. The summed E-state index contributed by atoms with van der Waals surface area (Å²) in [7, 11) is 0. The Hall–Kier alpha value is -3.06. The minimum absolute atomic E-state index is 0.0760. The number of nitrogens with one attached hydrogen (secondary N) is 2. The number of hydrazone groups is 1. The number of aromatic amines is 1. The van der Waals surface area contributed by atoms with E-state index in [2.05, 4.69) is 15.5 Å². The molecule has 8 heteroatoms. The van der Waals surface area contributed by atoms with E-state index in [0.29, 0.717) is 16.1 Å². The number of nitrogens with zero attached hydrogens (tertiary/aromatic N) is 2. The molecule has 2 aromatic carbocycles. The van der Waals surface area contributed by atoms with Gasteiger partial charge in [-0.05, 0) is 30.7 Å². The number of hydrogen-bond acceptors (Lipinski definition) is 5. The van der Waals surface area contributed by atoms with Crippen LogP contribution >= 0.6 is 11.6 Å². The maximum Gasteiger partial charge on any atom is 0.294 e. The molecule has 0 aliphatic carbocycles. The van der Waals surface area contributed by atoms with Crippen molar-refractivity contribution in [1.82, 2.24) is 4.98 Å². The van der Waals surface area contributed by atoms with Crippen molar-refractivity contribution in [3.05, 3.63) is 62.8 Å². The lowest BCUT2D eigenvalue weighted by atomic mass is 10.1. The Bertz CT molecular complexity index is 965. The van der Waals surface area contributed by atoms with Crippen LogP contribution in [-0.4, -0.2) is 21.2 Å². The van der Waals surface area contributed by atoms with E-state index >= 15 is 0 Å². The van der Waals surface area contributed by atoms with Crippen LogP contribution in [0.25, 0.3) is 10.9 Å². The summed E-state index contributed by atoms with van der Waals surface area (Å²) in [5.74, 6) is 0.152. The van der Waals surface area contributed by atoms with E-state index in [1.807, 2.05) is 0 Å². The third-order valence-corrected chi connectivity index (χ3v) is 3.88. The van der Waals surface area contributed by atoms with Gasteiger partial charge in [-0.1, -0.05) is 23.7 Å². The molecule has 0 saturated heterocycles. The highest BCUT2D eigenvalue weighted by Gasteiger charge is 2.12. The highest BCUT2D eigenvalue weighted by atomic mass is 35.5. The number of nitro groups is 1. The molecule has 3 rings (SSSR count). The van der Waals surface area contributed by atoms with E-state index in [9.17, 15) is 15.2 Å². The van der Waals surface area contributed by atoms with Gasteiger partial charge in [-0.25, -0.2) is 0 Å². The molecule has 0 atom stereocenters. The number of phenols is 1. The molecule has 1 heterocycles. The van der Waals surface area contributed by atoms with Crippen molar-refractivity contribution in [2.75, 3.05) is 5.43 Å². The largest absolute Gasteiger partial charge is 0.508 e. The zero-order valence-electron chi connectivity index (χ0n) is 12.6. The zero-order valence-corrected chi connectivity index (χ0v) is 13.3. The van der Waals surface area contributed by atoms with Crippen LogP contribution in [0.15, 0.2) is 41.5 Å². The monoisotopic (exact) mass is 344 g/mol. The first-order valence-corrected chi connectivity index (χ1v) is 7.38. The summed E-state index contributed by atoms with van der Waals surface area (Å²) in [5.41, 5.74) is 4.91. The van der Waals surface area contributed by atoms with Crippen LogP contribution < -0.4 is 5.43 Å². The van der Waals surface area contributed by atoms with Crippen molar-refractivity contribution in [2.24, 2.45) is 5.10 Å². The van der Waals surface area contributed by atoms with Gasteiger partial charge >= 0.3 is 0 Å². The average molecular weight is 345 g/mol. The first-order valence-electron chi connectivity index (χ1n) is 7.00. The number of halogens is 1. The number of fused-ring (bicyclic) bond motifs is 1. The first kappa shape index (κ1) is 15.8. The molecule has 0 radical (unpaired) electrons. The van der Waals surface area contributed by atoms with Crippen LogP contribution in [0.3, 0.4) is 0 Å². The molecule has 0 aliphatic rings. The van der Waals surface area contributed by atoms with Crippen molar-refractivity contribution < 1.29 is 10.0 Å². The number of aromatic nitrogens is 1. The van der Waals surface area contributed by atoms with Gasteiger partial charge in [-0.2, -0.15) is 5.10 Å². The van der Waals surface area contributed by atoms with E-state index in [4.69, 9.17) is 11.6 Å². The molecular formula is C16H13ClN4O3. The molecule has 0 spiro atoms. The summed E-state index contributed by atoms with van der Waals surface area (Å²) in [5, 5.41) is 25.9. The number of aromatic hydroxyl groups is 1. The Morgan fingerprint density at radius 1 is 1.38 bits per heavy atom. The number of phenolic OH excluding ortho intramolecular Hbond substituents is 1.